The summed E-state index contributed by atoms with van der Waals surface area (Å²) in [5, 5.41) is 10.4. The average Bonchev–Trinajstić information content (AvgIpc) is 2.73. The molecule has 6 nitrogen and oxygen atoms in total. The second-order valence-electron chi connectivity index (χ2n) is 6.89. The van der Waals surface area contributed by atoms with Crippen molar-refractivity contribution in [3.8, 4) is 17.2 Å². The molecule has 0 spiro atoms. The highest BCUT2D eigenvalue weighted by Gasteiger charge is 2.16. The number of aliphatic hydroxyl groups is 1. The number of rotatable bonds is 8. The molecular weight excluding hydrogens is 358 g/mol. The molecule has 1 aliphatic rings. The van der Waals surface area contributed by atoms with Crippen molar-refractivity contribution < 1.29 is 24.1 Å². The van der Waals surface area contributed by atoms with Gasteiger partial charge in [0.2, 0.25) is 5.91 Å². The van der Waals surface area contributed by atoms with Gasteiger partial charge < -0.3 is 24.2 Å². The van der Waals surface area contributed by atoms with E-state index in [-0.39, 0.29) is 12.5 Å². The maximum absolute atomic E-state index is 12.4. The predicted octanol–water partition coefficient (Wildman–Crippen LogP) is 2.98. The maximum Gasteiger partial charge on any atom is 0.222 e. The fourth-order valence-corrected chi connectivity index (χ4v) is 3.17. The third-order valence-corrected chi connectivity index (χ3v) is 4.84. The van der Waals surface area contributed by atoms with Crippen molar-refractivity contribution in [2.75, 3.05) is 33.9 Å². The van der Waals surface area contributed by atoms with Crippen molar-refractivity contribution in [3.05, 3.63) is 53.6 Å². The molecule has 0 radical (unpaired) electrons. The van der Waals surface area contributed by atoms with E-state index in [1.54, 1.807) is 31.2 Å². The lowest BCUT2D eigenvalue weighted by Crippen LogP contribution is -2.31. The first kappa shape index (κ1) is 20.0. The zero-order valence-corrected chi connectivity index (χ0v) is 16.4. The largest absolute Gasteiger partial charge is 0.497 e. The van der Waals surface area contributed by atoms with E-state index in [1.165, 1.54) is 0 Å². The number of carbonyl (C=O) groups is 1. The molecule has 0 bridgehead atoms. The van der Waals surface area contributed by atoms with Crippen molar-refractivity contribution >= 4 is 5.91 Å². The summed E-state index contributed by atoms with van der Waals surface area (Å²) in [4.78, 5) is 14.0. The van der Waals surface area contributed by atoms with Crippen LogP contribution in [0.15, 0.2) is 42.5 Å². The summed E-state index contributed by atoms with van der Waals surface area (Å²) in [6, 6.07) is 13.1. The van der Waals surface area contributed by atoms with Crippen LogP contribution in [0.1, 0.15) is 30.1 Å². The number of aryl methyl sites for hydroxylation is 1. The first-order valence-electron chi connectivity index (χ1n) is 9.51. The van der Waals surface area contributed by atoms with E-state index < -0.39 is 6.10 Å². The van der Waals surface area contributed by atoms with E-state index in [9.17, 15) is 9.90 Å². The molecule has 0 saturated heterocycles. The standard InChI is InChI=1S/C22H27NO5/c1-23(15-19(24)17-7-9-18(26-2)10-8-17)22(25)5-3-4-16-6-11-20-21(14-16)28-13-12-27-20/h6-11,14,19,24H,3-5,12-13,15H2,1-2H3. The highest BCUT2D eigenvalue weighted by atomic mass is 16.6. The van der Waals surface area contributed by atoms with Crippen LogP contribution in [0.3, 0.4) is 0 Å². The number of hydrogen-bond acceptors (Lipinski definition) is 5. The van der Waals surface area contributed by atoms with E-state index in [2.05, 4.69) is 0 Å². The number of fused-ring (bicyclic) bond motifs is 1. The fraction of sp³-hybridized carbons (Fsp3) is 0.409. The van der Waals surface area contributed by atoms with Gasteiger partial charge in [-0.1, -0.05) is 18.2 Å². The first-order valence-corrected chi connectivity index (χ1v) is 9.51. The minimum Gasteiger partial charge on any atom is -0.497 e. The van der Waals surface area contributed by atoms with Gasteiger partial charge in [-0.05, 0) is 48.2 Å². The number of amides is 1. The molecular formula is C22H27NO5. The van der Waals surface area contributed by atoms with Gasteiger partial charge in [-0.2, -0.15) is 0 Å². The molecule has 2 aromatic carbocycles. The van der Waals surface area contributed by atoms with Gasteiger partial charge in [0, 0.05) is 13.5 Å². The summed E-state index contributed by atoms with van der Waals surface area (Å²) in [7, 11) is 3.32. The smallest absolute Gasteiger partial charge is 0.222 e. The van der Waals surface area contributed by atoms with Gasteiger partial charge in [0.1, 0.15) is 19.0 Å². The fourth-order valence-electron chi connectivity index (χ4n) is 3.17. The van der Waals surface area contributed by atoms with Crippen LogP contribution in [0, 0.1) is 0 Å². The summed E-state index contributed by atoms with van der Waals surface area (Å²) in [6.45, 7) is 1.40. The van der Waals surface area contributed by atoms with Gasteiger partial charge in [-0.3, -0.25) is 4.79 Å². The number of benzene rings is 2. The third kappa shape index (κ3) is 5.16. The third-order valence-electron chi connectivity index (χ3n) is 4.84. The Balaban J connectivity index is 1.44. The second kappa shape index (κ2) is 9.46. The van der Waals surface area contributed by atoms with Gasteiger partial charge in [-0.25, -0.2) is 0 Å². The normalized spacial score (nSPS) is 13.7. The molecule has 1 amide bonds. The highest BCUT2D eigenvalue weighted by molar-refractivity contribution is 5.75. The van der Waals surface area contributed by atoms with Gasteiger partial charge in [0.15, 0.2) is 11.5 Å². The zero-order valence-electron chi connectivity index (χ0n) is 16.4. The summed E-state index contributed by atoms with van der Waals surface area (Å²) in [5.74, 6) is 2.30. The van der Waals surface area contributed by atoms with Crippen LogP contribution in [-0.4, -0.2) is 49.8 Å². The molecule has 0 saturated carbocycles. The summed E-state index contributed by atoms with van der Waals surface area (Å²) in [5.41, 5.74) is 1.88. The molecule has 1 unspecified atom stereocenters. The number of carbonyl (C=O) groups excluding carboxylic acids is 1. The van der Waals surface area contributed by atoms with Gasteiger partial charge in [0.25, 0.3) is 0 Å². The van der Waals surface area contributed by atoms with Crippen LogP contribution in [0.25, 0.3) is 0 Å². The number of likely N-dealkylation sites (N-methyl/N-ethyl adjacent to an activating group) is 1. The number of nitrogens with zero attached hydrogens (tertiary/aromatic N) is 1. The summed E-state index contributed by atoms with van der Waals surface area (Å²) in [6.07, 6.45) is 1.23. The Hall–Kier alpha value is -2.73. The lowest BCUT2D eigenvalue weighted by atomic mass is 10.1. The van der Waals surface area contributed by atoms with Crippen LogP contribution in [0.2, 0.25) is 0 Å². The topological polar surface area (TPSA) is 68.2 Å². The molecule has 2 aromatic rings. The van der Waals surface area contributed by atoms with E-state index in [0.29, 0.717) is 19.6 Å². The van der Waals surface area contributed by atoms with E-state index >= 15 is 0 Å². The molecule has 1 heterocycles. The molecule has 1 atom stereocenters. The number of hydrogen-bond donors (Lipinski definition) is 1. The Labute approximate surface area is 165 Å². The maximum atomic E-state index is 12.4. The first-order chi connectivity index (χ1) is 13.6. The van der Waals surface area contributed by atoms with Crippen molar-refractivity contribution in [3.63, 3.8) is 0 Å². The minimum atomic E-state index is -0.724. The summed E-state index contributed by atoms with van der Waals surface area (Å²) >= 11 is 0. The zero-order chi connectivity index (χ0) is 19.9. The van der Waals surface area contributed by atoms with Crippen molar-refractivity contribution in [1.29, 1.82) is 0 Å². The lowest BCUT2D eigenvalue weighted by Gasteiger charge is -2.21. The van der Waals surface area contributed by atoms with Crippen LogP contribution in [0.4, 0.5) is 0 Å². The molecule has 0 aromatic heterocycles. The number of ether oxygens (including phenoxy) is 3. The minimum absolute atomic E-state index is 0.0186. The lowest BCUT2D eigenvalue weighted by molar-refractivity contribution is -0.131. The van der Waals surface area contributed by atoms with Gasteiger partial charge >= 0.3 is 0 Å². The van der Waals surface area contributed by atoms with Gasteiger partial charge in [0.05, 0.1) is 19.8 Å². The molecule has 6 heteroatoms. The van der Waals surface area contributed by atoms with E-state index in [1.807, 2.05) is 30.3 Å². The van der Waals surface area contributed by atoms with E-state index in [4.69, 9.17) is 14.2 Å². The Morgan fingerprint density at radius 2 is 1.86 bits per heavy atom. The summed E-state index contributed by atoms with van der Waals surface area (Å²) < 4.78 is 16.2. The molecule has 28 heavy (non-hydrogen) atoms. The Morgan fingerprint density at radius 1 is 1.14 bits per heavy atom. The van der Waals surface area contributed by atoms with Crippen molar-refractivity contribution in [1.82, 2.24) is 4.90 Å². The van der Waals surface area contributed by atoms with Crippen molar-refractivity contribution in [2.24, 2.45) is 0 Å². The van der Waals surface area contributed by atoms with Gasteiger partial charge in [-0.15, -0.1) is 0 Å². The molecule has 1 N–H and O–H groups in total. The Kier molecular flexibility index (Phi) is 6.76. The van der Waals surface area contributed by atoms with Crippen LogP contribution >= 0.6 is 0 Å². The molecule has 150 valence electrons. The number of aliphatic hydroxyl groups excluding tert-OH is 1. The second-order valence-corrected chi connectivity index (χ2v) is 6.89. The van der Waals surface area contributed by atoms with E-state index in [0.717, 1.165) is 41.2 Å². The Bertz CT molecular complexity index is 790. The average molecular weight is 385 g/mol. The monoisotopic (exact) mass is 385 g/mol. The number of methoxy groups -OCH3 is 1. The molecule has 0 fully saturated rings. The van der Waals surface area contributed by atoms with Crippen LogP contribution in [0.5, 0.6) is 17.2 Å². The van der Waals surface area contributed by atoms with Crippen molar-refractivity contribution in [2.45, 2.75) is 25.4 Å². The predicted molar refractivity (Wildman–Crippen MR) is 106 cm³/mol. The highest BCUT2D eigenvalue weighted by Crippen LogP contribution is 2.31. The van der Waals surface area contributed by atoms with Crippen LogP contribution in [-0.2, 0) is 11.2 Å². The molecule has 3 rings (SSSR count). The van der Waals surface area contributed by atoms with Crippen LogP contribution < -0.4 is 14.2 Å². The Morgan fingerprint density at radius 3 is 2.57 bits per heavy atom. The molecule has 0 aliphatic carbocycles. The quantitative estimate of drug-likeness (QED) is 0.757. The molecule has 1 aliphatic heterocycles. The SMILES string of the molecule is COc1ccc(C(O)CN(C)C(=O)CCCc2ccc3c(c2)OCCO3)cc1.